The van der Waals surface area contributed by atoms with Crippen LogP contribution in [0.5, 0.6) is 0 Å². The number of pyridine rings is 1. The van der Waals surface area contributed by atoms with E-state index in [9.17, 15) is 4.79 Å². The van der Waals surface area contributed by atoms with E-state index in [0.29, 0.717) is 18.1 Å². The first-order valence-corrected chi connectivity index (χ1v) is 5.18. The summed E-state index contributed by atoms with van der Waals surface area (Å²) >= 11 is 3.34. The first-order valence-electron chi connectivity index (χ1n) is 4.39. The van der Waals surface area contributed by atoms with Crippen molar-refractivity contribution in [2.45, 2.75) is 25.2 Å². The quantitative estimate of drug-likeness (QED) is 0.755. The van der Waals surface area contributed by atoms with E-state index in [-0.39, 0.29) is 0 Å². The molecule has 13 heavy (non-hydrogen) atoms. The van der Waals surface area contributed by atoms with Gasteiger partial charge in [-0.05, 0) is 34.5 Å². The van der Waals surface area contributed by atoms with E-state index in [2.05, 4.69) is 20.9 Å². The summed E-state index contributed by atoms with van der Waals surface area (Å²) in [5.74, 6) is 0.732. The van der Waals surface area contributed by atoms with Crippen molar-refractivity contribution in [3.05, 3.63) is 28.5 Å². The van der Waals surface area contributed by atoms with E-state index in [1.807, 2.05) is 12.1 Å². The number of Topliss-reactive ketones (excluding diaryl/α,β-unsaturated/α-hetero) is 1. The first-order chi connectivity index (χ1) is 6.25. The standard InChI is InChI=1S/C10H10BrNO/c11-8-2-4-10(12-6-8)7-1-3-9(13)5-7/h2,4,6-7H,1,3,5H2. The van der Waals surface area contributed by atoms with Gasteiger partial charge in [-0.15, -0.1) is 0 Å². The molecule has 1 atom stereocenters. The van der Waals surface area contributed by atoms with Gasteiger partial charge >= 0.3 is 0 Å². The summed E-state index contributed by atoms with van der Waals surface area (Å²) in [5.41, 5.74) is 1.05. The van der Waals surface area contributed by atoms with Crippen molar-refractivity contribution in [2.24, 2.45) is 0 Å². The Kier molecular flexibility index (Phi) is 2.44. The number of rotatable bonds is 1. The summed E-state index contributed by atoms with van der Waals surface area (Å²) < 4.78 is 0.987. The number of aromatic nitrogens is 1. The Morgan fingerprint density at radius 1 is 1.46 bits per heavy atom. The van der Waals surface area contributed by atoms with Crippen molar-refractivity contribution in [2.75, 3.05) is 0 Å². The molecule has 0 radical (unpaired) electrons. The van der Waals surface area contributed by atoms with Gasteiger partial charge in [-0.1, -0.05) is 0 Å². The summed E-state index contributed by atoms with van der Waals surface area (Å²) in [6.07, 6.45) is 4.16. The smallest absolute Gasteiger partial charge is 0.133 e. The average Bonchev–Trinajstić information content (AvgIpc) is 2.53. The number of hydrogen-bond donors (Lipinski definition) is 0. The van der Waals surface area contributed by atoms with Gasteiger partial charge in [0.2, 0.25) is 0 Å². The summed E-state index contributed by atoms with van der Waals surface area (Å²) in [4.78, 5) is 15.4. The van der Waals surface area contributed by atoms with Crippen molar-refractivity contribution in [3.63, 3.8) is 0 Å². The molecule has 1 saturated carbocycles. The third-order valence-corrected chi connectivity index (χ3v) is 2.88. The van der Waals surface area contributed by atoms with Crippen LogP contribution in [0.1, 0.15) is 30.9 Å². The third kappa shape index (κ3) is 1.97. The van der Waals surface area contributed by atoms with Gasteiger partial charge < -0.3 is 0 Å². The Labute approximate surface area is 85.5 Å². The van der Waals surface area contributed by atoms with Crippen LogP contribution in [-0.4, -0.2) is 10.8 Å². The average molecular weight is 240 g/mol. The number of nitrogens with zero attached hydrogens (tertiary/aromatic N) is 1. The molecule has 1 heterocycles. The van der Waals surface area contributed by atoms with Gasteiger partial charge in [0.1, 0.15) is 5.78 Å². The van der Waals surface area contributed by atoms with E-state index in [1.165, 1.54) is 0 Å². The summed E-state index contributed by atoms with van der Waals surface area (Å²) in [6.45, 7) is 0. The van der Waals surface area contributed by atoms with Crippen LogP contribution in [0, 0.1) is 0 Å². The molecule has 0 aliphatic heterocycles. The molecule has 0 aromatic carbocycles. The molecule has 0 bridgehead atoms. The maximum Gasteiger partial charge on any atom is 0.133 e. The van der Waals surface area contributed by atoms with Crippen LogP contribution >= 0.6 is 15.9 Å². The first kappa shape index (κ1) is 8.88. The molecule has 3 heteroatoms. The molecule has 1 aromatic heterocycles. The highest BCUT2D eigenvalue weighted by atomic mass is 79.9. The SMILES string of the molecule is O=C1CCC(c2ccc(Br)cn2)C1. The maximum atomic E-state index is 11.1. The molecule has 0 amide bonds. The van der Waals surface area contributed by atoms with Crippen LogP contribution in [0.25, 0.3) is 0 Å². The molecule has 1 aromatic rings. The minimum absolute atomic E-state index is 0.362. The van der Waals surface area contributed by atoms with Crippen molar-refractivity contribution < 1.29 is 4.79 Å². The fourth-order valence-electron chi connectivity index (χ4n) is 1.70. The molecular formula is C10H10BrNO. The fraction of sp³-hybridized carbons (Fsp3) is 0.400. The van der Waals surface area contributed by atoms with Crippen LogP contribution in [0.3, 0.4) is 0 Å². The summed E-state index contributed by atoms with van der Waals surface area (Å²) in [5, 5.41) is 0. The molecule has 1 unspecified atom stereocenters. The lowest BCUT2D eigenvalue weighted by Crippen LogP contribution is -1.96. The minimum Gasteiger partial charge on any atom is -0.300 e. The third-order valence-electron chi connectivity index (χ3n) is 2.41. The highest BCUT2D eigenvalue weighted by Crippen LogP contribution is 2.30. The lowest BCUT2D eigenvalue weighted by atomic mass is 10.0. The van der Waals surface area contributed by atoms with Crippen molar-refractivity contribution >= 4 is 21.7 Å². The number of carbonyl (C=O) groups excluding carboxylic acids is 1. The molecule has 1 aliphatic rings. The molecule has 68 valence electrons. The molecule has 0 N–H and O–H groups in total. The summed E-state index contributed by atoms with van der Waals surface area (Å²) in [6, 6.07) is 3.97. The zero-order valence-corrected chi connectivity index (χ0v) is 8.75. The van der Waals surface area contributed by atoms with Crippen molar-refractivity contribution in [3.8, 4) is 0 Å². The highest BCUT2D eigenvalue weighted by Gasteiger charge is 2.24. The molecular weight excluding hydrogens is 230 g/mol. The largest absolute Gasteiger partial charge is 0.300 e. The van der Waals surface area contributed by atoms with Gasteiger partial charge in [-0.25, -0.2) is 0 Å². The zero-order valence-electron chi connectivity index (χ0n) is 7.16. The lowest BCUT2D eigenvalue weighted by molar-refractivity contribution is -0.117. The molecule has 0 spiro atoms. The number of carbonyl (C=O) groups is 1. The Morgan fingerprint density at radius 2 is 2.31 bits per heavy atom. The van der Waals surface area contributed by atoms with E-state index in [0.717, 1.165) is 23.0 Å². The van der Waals surface area contributed by atoms with Crippen LogP contribution in [-0.2, 0) is 4.79 Å². The van der Waals surface area contributed by atoms with E-state index in [1.54, 1.807) is 6.20 Å². The Balaban J connectivity index is 2.17. The van der Waals surface area contributed by atoms with Gasteiger partial charge in [0.15, 0.2) is 0 Å². The zero-order chi connectivity index (χ0) is 9.26. The highest BCUT2D eigenvalue weighted by molar-refractivity contribution is 9.10. The normalized spacial score (nSPS) is 22.2. The minimum atomic E-state index is 0.362. The van der Waals surface area contributed by atoms with Gasteiger partial charge in [-0.3, -0.25) is 9.78 Å². The molecule has 1 aliphatic carbocycles. The second-order valence-electron chi connectivity index (χ2n) is 3.38. The number of ketones is 1. The van der Waals surface area contributed by atoms with Crippen molar-refractivity contribution in [1.82, 2.24) is 4.98 Å². The van der Waals surface area contributed by atoms with Crippen LogP contribution in [0.2, 0.25) is 0 Å². The number of halogens is 1. The summed E-state index contributed by atoms with van der Waals surface area (Å²) in [7, 11) is 0. The predicted molar refractivity (Wildman–Crippen MR) is 53.5 cm³/mol. The Bertz CT molecular complexity index is 320. The van der Waals surface area contributed by atoms with Crippen LogP contribution < -0.4 is 0 Å². The van der Waals surface area contributed by atoms with E-state index in [4.69, 9.17) is 0 Å². The lowest BCUT2D eigenvalue weighted by Gasteiger charge is -2.06. The Morgan fingerprint density at radius 3 is 2.85 bits per heavy atom. The van der Waals surface area contributed by atoms with Crippen molar-refractivity contribution in [1.29, 1.82) is 0 Å². The predicted octanol–water partition coefficient (Wildman–Crippen LogP) is 2.68. The van der Waals surface area contributed by atoms with E-state index >= 15 is 0 Å². The topological polar surface area (TPSA) is 30.0 Å². The van der Waals surface area contributed by atoms with Crippen LogP contribution in [0.4, 0.5) is 0 Å². The second-order valence-corrected chi connectivity index (χ2v) is 4.30. The molecule has 2 rings (SSSR count). The van der Waals surface area contributed by atoms with Gasteiger partial charge in [0, 0.05) is 35.1 Å². The Hall–Kier alpha value is -0.700. The van der Waals surface area contributed by atoms with Gasteiger partial charge in [-0.2, -0.15) is 0 Å². The maximum absolute atomic E-state index is 11.1. The number of hydrogen-bond acceptors (Lipinski definition) is 2. The molecule has 0 saturated heterocycles. The molecule has 1 fully saturated rings. The van der Waals surface area contributed by atoms with Gasteiger partial charge in [0.25, 0.3) is 0 Å². The second kappa shape index (κ2) is 3.58. The monoisotopic (exact) mass is 239 g/mol. The fourth-order valence-corrected chi connectivity index (χ4v) is 1.93. The van der Waals surface area contributed by atoms with E-state index < -0.39 is 0 Å². The van der Waals surface area contributed by atoms with Crippen LogP contribution in [0.15, 0.2) is 22.8 Å². The van der Waals surface area contributed by atoms with Gasteiger partial charge in [0.05, 0.1) is 0 Å². The molecule has 2 nitrogen and oxygen atoms in total.